The van der Waals surface area contributed by atoms with Crippen LogP contribution in [0.1, 0.15) is 22.9 Å². The molecule has 128 valence electrons. The molecule has 0 radical (unpaired) electrons. The summed E-state index contributed by atoms with van der Waals surface area (Å²) in [5.41, 5.74) is 0.279. The number of piperazine rings is 1. The summed E-state index contributed by atoms with van der Waals surface area (Å²) in [6.07, 6.45) is -3.01. The summed E-state index contributed by atoms with van der Waals surface area (Å²) in [6, 6.07) is 9.74. The Kier molecular flexibility index (Phi) is 5.08. The molecule has 1 atom stereocenters. The fourth-order valence-electron chi connectivity index (χ4n) is 3.00. The van der Waals surface area contributed by atoms with Crippen LogP contribution in [0.2, 0.25) is 5.02 Å². The number of hydrogen-bond acceptors (Lipinski definition) is 3. The van der Waals surface area contributed by atoms with Gasteiger partial charge in [0.05, 0.1) is 11.3 Å². The lowest BCUT2D eigenvalue weighted by Crippen LogP contribution is -2.45. The third-order valence-electron chi connectivity index (χ3n) is 4.17. The molecule has 1 N–H and O–H groups in total. The van der Waals surface area contributed by atoms with Crippen LogP contribution in [-0.4, -0.2) is 29.5 Å². The van der Waals surface area contributed by atoms with Crippen LogP contribution in [0.25, 0.3) is 0 Å². The number of hydrogen-bond donors (Lipinski definition) is 1. The van der Waals surface area contributed by atoms with Gasteiger partial charge in [-0.25, -0.2) is 0 Å². The van der Waals surface area contributed by atoms with E-state index in [9.17, 15) is 13.2 Å². The molecular weight excluding hydrogens is 339 g/mol. The number of rotatable bonds is 3. The summed E-state index contributed by atoms with van der Waals surface area (Å²) in [6.45, 7) is 2.12. The van der Waals surface area contributed by atoms with Crippen LogP contribution in [0.5, 0.6) is 0 Å². The summed E-state index contributed by atoms with van der Waals surface area (Å²) in [5, 5.41) is 3.90. The molecule has 7 heteroatoms. The second kappa shape index (κ2) is 7.09. The van der Waals surface area contributed by atoms with E-state index in [0.717, 1.165) is 18.2 Å². The summed E-state index contributed by atoms with van der Waals surface area (Å²) in [5.74, 6) is 0. The number of nitrogens with zero attached hydrogens (tertiary/aromatic N) is 2. The van der Waals surface area contributed by atoms with Crippen molar-refractivity contribution in [2.45, 2.75) is 18.8 Å². The summed E-state index contributed by atoms with van der Waals surface area (Å²) >= 11 is 6.28. The van der Waals surface area contributed by atoms with Gasteiger partial charge in [0.15, 0.2) is 0 Å². The zero-order valence-electron chi connectivity index (χ0n) is 12.9. The average Bonchev–Trinajstić information content (AvgIpc) is 2.56. The molecule has 3 nitrogen and oxygen atoms in total. The van der Waals surface area contributed by atoms with Crippen LogP contribution >= 0.6 is 11.6 Å². The molecule has 0 spiro atoms. The molecule has 1 aromatic carbocycles. The molecule has 24 heavy (non-hydrogen) atoms. The highest BCUT2D eigenvalue weighted by molar-refractivity contribution is 6.31. The Balaban J connectivity index is 1.90. The molecule has 2 heterocycles. The van der Waals surface area contributed by atoms with Crippen LogP contribution in [-0.2, 0) is 12.7 Å². The Hall–Kier alpha value is -1.63. The van der Waals surface area contributed by atoms with Gasteiger partial charge >= 0.3 is 6.18 Å². The first-order chi connectivity index (χ1) is 11.5. The zero-order valence-corrected chi connectivity index (χ0v) is 13.6. The number of alkyl halides is 3. The maximum absolute atomic E-state index is 13.2. The number of nitrogens with one attached hydrogen (secondary N) is 1. The lowest BCUT2D eigenvalue weighted by molar-refractivity contribution is -0.138. The Morgan fingerprint density at radius 1 is 1.21 bits per heavy atom. The first-order valence-electron chi connectivity index (χ1n) is 7.67. The van der Waals surface area contributed by atoms with Crippen LogP contribution < -0.4 is 5.32 Å². The van der Waals surface area contributed by atoms with Crippen LogP contribution in [0.4, 0.5) is 13.2 Å². The maximum atomic E-state index is 13.2. The van der Waals surface area contributed by atoms with E-state index in [4.69, 9.17) is 11.6 Å². The molecule has 0 bridgehead atoms. The second-order valence-corrected chi connectivity index (χ2v) is 6.11. The highest BCUT2D eigenvalue weighted by Gasteiger charge is 2.35. The highest BCUT2D eigenvalue weighted by Crippen LogP contribution is 2.34. The smallest absolute Gasteiger partial charge is 0.314 e. The molecule has 0 saturated carbocycles. The standard InChI is InChI=1S/C17H17ClF3N3/c18-14-6-2-1-4-12(14)16-10-22-8-9-24(16)11-15-13(17(19,20)21)5-3-7-23-15/h1-7,16,22H,8-11H2. The third kappa shape index (κ3) is 3.71. The van der Waals surface area contributed by atoms with Crippen molar-refractivity contribution in [3.8, 4) is 0 Å². The van der Waals surface area contributed by atoms with Gasteiger partial charge in [0, 0.05) is 43.4 Å². The molecule has 1 aliphatic heterocycles. The topological polar surface area (TPSA) is 28.2 Å². The fraction of sp³-hybridized carbons (Fsp3) is 0.353. The van der Waals surface area contributed by atoms with E-state index in [2.05, 4.69) is 10.3 Å². The zero-order chi connectivity index (χ0) is 17.2. The minimum absolute atomic E-state index is 0.0453. The lowest BCUT2D eigenvalue weighted by atomic mass is 10.0. The molecule has 1 fully saturated rings. The van der Waals surface area contributed by atoms with Gasteiger partial charge in [0.2, 0.25) is 0 Å². The molecule has 2 aromatic rings. The largest absolute Gasteiger partial charge is 0.418 e. The first kappa shape index (κ1) is 17.2. The lowest BCUT2D eigenvalue weighted by Gasteiger charge is -2.37. The monoisotopic (exact) mass is 355 g/mol. The molecule has 0 aliphatic carbocycles. The normalized spacial score (nSPS) is 19.4. The summed E-state index contributed by atoms with van der Waals surface area (Å²) < 4.78 is 39.6. The van der Waals surface area contributed by atoms with Crippen molar-refractivity contribution in [3.05, 3.63) is 64.4 Å². The van der Waals surface area contributed by atoms with Gasteiger partial charge in [-0.05, 0) is 23.8 Å². The SMILES string of the molecule is FC(F)(F)c1cccnc1CN1CCNCC1c1ccccc1Cl. The van der Waals surface area contributed by atoms with E-state index in [-0.39, 0.29) is 18.3 Å². The van der Waals surface area contributed by atoms with Crippen molar-refractivity contribution in [3.63, 3.8) is 0 Å². The average molecular weight is 356 g/mol. The van der Waals surface area contributed by atoms with E-state index in [0.29, 0.717) is 18.1 Å². The van der Waals surface area contributed by atoms with Crippen molar-refractivity contribution in [1.29, 1.82) is 0 Å². The molecule has 1 aliphatic rings. The van der Waals surface area contributed by atoms with Gasteiger partial charge in [-0.3, -0.25) is 9.88 Å². The highest BCUT2D eigenvalue weighted by atomic mass is 35.5. The Morgan fingerprint density at radius 2 is 2.00 bits per heavy atom. The van der Waals surface area contributed by atoms with Gasteiger partial charge in [0.25, 0.3) is 0 Å². The summed E-state index contributed by atoms with van der Waals surface area (Å²) in [7, 11) is 0. The summed E-state index contributed by atoms with van der Waals surface area (Å²) in [4.78, 5) is 5.97. The minimum atomic E-state index is -4.41. The van der Waals surface area contributed by atoms with E-state index in [1.165, 1.54) is 12.3 Å². The van der Waals surface area contributed by atoms with Gasteiger partial charge in [-0.2, -0.15) is 13.2 Å². The van der Waals surface area contributed by atoms with E-state index < -0.39 is 11.7 Å². The van der Waals surface area contributed by atoms with Crippen LogP contribution in [0, 0.1) is 0 Å². The fourth-order valence-corrected chi connectivity index (χ4v) is 3.26. The quantitative estimate of drug-likeness (QED) is 0.905. The second-order valence-electron chi connectivity index (χ2n) is 5.71. The van der Waals surface area contributed by atoms with Crippen LogP contribution in [0.15, 0.2) is 42.6 Å². The maximum Gasteiger partial charge on any atom is 0.418 e. The Morgan fingerprint density at radius 3 is 2.75 bits per heavy atom. The predicted octanol–water partition coefficient (Wildman–Crippen LogP) is 3.90. The number of halogens is 4. The molecule has 1 unspecified atom stereocenters. The Labute approximate surface area is 143 Å². The molecule has 1 saturated heterocycles. The predicted molar refractivity (Wildman–Crippen MR) is 86.7 cm³/mol. The van der Waals surface area contributed by atoms with E-state index >= 15 is 0 Å². The van der Waals surface area contributed by atoms with Gasteiger partial charge < -0.3 is 5.32 Å². The van der Waals surface area contributed by atoms with Crippen LogP contribution in [0.3, 0.4) is 0 Å². The van der Waals surface area contributed by atoms with Crippen molar-refractivity contribution >= 4 is 11.6 Å². The number of benzene rings is 1. The van der Waals surface area contributed by atoms with Gasteiger partial charge in [-0.1, -0.05) is 29.8 Å². The molecule has 1 aromatic heterocycles. The van der Waals surface area contributed by atoms with Gasteiger partial charge in [0.1, 0.15) is 0 Å². The Bertz CT molecular complexity index is 705. The van der Waals surface area contributed by atoms with Crippen molar-refractivity contribution in [1.82, 2.24) is 15.2 Å². The van der Waals surface area contributed by atoms with Crippen molar-refractivity contribution in [2.75, 3.05) is 19.6 Å². The molecular formula is C17H17ClF3N3. The first-order valence-corrected chi connectivity index (χ1v) is 8.05. The minimum Gasteiger partial charge on any atom is -0.314 e. The number of pyridine rings is 1. The molecule has 0 amide bonds. The number of aromatic nitrogens is 1. The molecule has 3 rings (SSSR count). The van der Waals surface area contributed by atoms with E-state index in [1.807, 2.05) is 23.1 Å². The van der Waals surface area contributed by atoms with Crippen molar-refractivity contribution in [2.24, 2.45) is 0 Å². The van der Waals surface area contributed by atoms with Crippen molar-refractivity contribution < 1.29 is 13.2 Å². The van der Waals surface area contributed by atoms with Gasteiger partial charge in [-0.15, -0.1) is 0 Å². The third-order valence-corrected chi connectivity index (χ3v) is 4.51. The van der Waals surface area contributed by atoms with E-state index in [1.54, 1.807) is 6.07 Å².